The summed E-state index contributed by atoms with van der Waals surface area (Å²) in [6.07, 6.45) is 8.80. The molecule has 0 aliphatic heterocycles. The van der Waals surface area contributed by atoms with E-state index < -0.39 is 10.0 Å². The summed E-state index contributed by atoms with van der Waals surface area (Å²) >= 11 is 0. The smallest absolute Gasteiger partial charge is 0.274 e. The van der Waals surface area contributed by atoms with E-state index in [9.17, 15) is 8.42 Å². The van der Waals surface area contributed by atoms with Crippen LogP contribution in [0.2, 0.25) is 0 Å². The van der Waals surface area contributed by atoms with Crippen LogP contribution in [0.4, 0.5) is 0 Å². The lowest BCUT2D eigenvalue weighted by Gasteiger charge is -2.15. The van der Waals surface area contributed by atoms with Gasteiger partial charge >= 0.3 is 0 Å². The van der Waals surface area contributed by atoms with Crippen LogP contribution in [-0.2, 0) is 14.8 Å². The summed E-state index contributed by atoms with van der Waals surface area (Å²) in [4.78, 5) is 0. The third-order valence-corrected chi connectivity index (χ3v) is 4.66. The predicted molar refractivity (Wildman–Crippen MR) is 71.3 cm³/mol. The first-order chi connectivity index (χ1) is 9.18. The van der Waals surface area contributed by atoms with Gasteiger partial charge in [-0.05, 0) is 25.0 Å². The Morgan fingerprint density at radius 2 is 2.00 bits per heavy atom. The average molecular weight is 287 g/mol. The third kappa shape index (κ3) is 4.63. The number of nitrogens with one attached hydrogen (secondary N) is 1. The molecule has 2 rings (SSSR count). The molecule has 5 nitrogen and oxygen atoms in total. The Morgan fingerprint density at radius 1 is 1.26 bits per heavy atom. The zero-order chi connectivity index (χ0) is 13.6. The SMILES string of the molecule is O=S(=O)(NCCOC1CCCCCC1)c1ccco1. The minimum Gasteiger partial charge on any atom is -0.452 e. The zero-order valence-corrected chi connectivity index (χ0v) is 11.8. The Balaban J connectivity index is 1.69. The molecular weight excluding hydrogens is 266 g/mol. The van der Waals surface area contributed by atoms with Crippen molar-refractivity contribution in [1.82, 2.24) is 4.72 Å². The molecule has 0 bridgehead atoms. The molecule has 1 saturated carbocycles. The molecule has 19 heavy (non-hydrogen) atoms. The largest absolute Gasteiger partial charge is 0.452 e. The molecule has 1 aliphatic carbocycles. The minimum atomic E-state index is -3.52. The maximum absolute atomic E-state index is 11.7. The maximum Gasteiger partial charge on any atom is 0.274 e. The van der Waals surface area contributed by atoms with Crippen molar-refractivity contribution in [3.8, 4) is 0 Å². The fourth-order valence-corrected chi connectivity index (χ4v) is 3.23. The molecule has 1 heterocycles. The first-order valence-corrected chi connectivity index (χ1v) is 8.31. The van der Waals surface area contributed by atoms with Gasteiger partial charge in [0.1, 0.15) is 0 Å². The standard InChI is InChI=1S/C13H21NO4S/c15-19(16,13-8-5-10-18-13)14-9-11-17-12-6-3-1-2-4-7-12/h5,8,10,12,14H,1-4,6-7,9,11H2. The highest BCUT2D eigenvalue weighted by molar-refractivity contribution is 7.89. The Hall–Kier alpha value is -0.850. The van der Waals surface area contributed by atoms with Crippen LogP contribution < -0.4 is 4.72 Å². The Labute approximate surface area is 114 Å². The van der Waals surface area contributed by atoms with Gasteiger partial charge in [0.25, 0.3) is 10.0 Å². The summed E-state index contributed by atoms with van der Waals surface area (Å²) in [6, 6.07) is 2.98. The van der Waals surface area contributed by atoms with Crippen molar-refractivity contribution in [3.63, 3.8) is 0 Å². The van der Waals surface area contributed by atoms with Crippen molar-refractivity contribution < 1.29 is 17.6 Å². The van der Waals surface area contributed by atoms with Crippen molar-refractivity contribution in [1.29, 1.82) is 0 Å². The van der Waals surface area contributed by atoms with Crippen LogP contribution in [0.25, 0.3) is 0 Å². The maximum atomic E-state index is 11.7. The Bertz CT molecular complexity index is 447. The highest BCUT2D eigenvalue weighted by atomic mass is 32.2. The van der Waals surface area contributed by atoms with E-state index in [1.54, 1.807) is 6.07 Å². The molecule has 1 fully saturated rings. The van der Waals surface area contributed by atoms with E-state index in [1.165, 1.54) is 38.0 Å². The Kier molecular flexibility index (Phi) is 5.42. The molecule has 6 heteroatoms. The molecule has 108 valence electrons. The number of sulfonamides is 1. The molecule has 1 aromatic heterocycles. The lowest BCUT2D eigenvalue weighted by Crippen LogP contribution is -2.28. The number of hydrogen-bond donors (Lipinski definition) is 1. The summed E-state index contributed by atoms with van der Waals surface area (Å²) in [5, 5.41) is -0.0537. The van der Waals surface area contributed by atoms with Crippen LogP contribution in [0.1, 0.15) is 38.5 Å². The van der Waals surface area contributed by atoms with Gasteiger partial charge in [0, 0.05) is 6.54 Å². The van der Waals surface area contributed by atoms with Gasteiger partial charge in [-0.2, -0.15) is 0 Å². The van der Waals surface area contributed by atoms with Crippen molar-refractivity contribution in [3.05, 3.63) is 18.4 Å². The molecule has 1 aliphatic rings. The van der Waals surface area contributed by atoms with E-state index >= 15 is 0 Å². The summed E-state index contributed by atoms with van der Waals surface area (Å²) in [5.74, 6) is 0. The highest BCUT2D eigenvalue weighted by Crippen LogP contribution is 2.19. The summed E-state index contributed by atoms with van der Waals surface area (Å²) in [7, 11) is -3.52. The predicted octanol–water partition coefficient (Wildman–Crippen LogP) is 2.30. The van der Waals surface area contributed by atoms with Crippen LogP contribution in [-0.4, -0.2) is 27.7 Å². The van der Waals surface area contributed by atoms with Gasteiger partial charge in [-0.3, -0.25) is 0 Å². The number of furan rings is 1. The van der Waals surface area contributed by atoms with Gasteiger partial charge in [0.2, 0.25) is 5.09 Å². The van der Waals surface area contributed by atoms with E-state index in [0.717, 1.165) is 12.8 Å². The van der Waals surface area contributed by atoms with E-state index in [-0.39, 0.29) is 17.7 Å². The monoisotopic (exact) mass is 287 g/mol. The quantitative estimate of drug-likeness (QED) is 0.644. The zero-order valence-electron chi connectivity index (χ0n) is 11.0. The fourth-order valence-electron chi connectivity index (χ4n) is 2.30. The van der Waals surface area contributed by atoms with Crippen LogP contribution >= 0.6 is 0 Å². The van der Waals surface area contributed by atoms with Gasteiger partial charge in [-0.15, -0.1) is 0 Å². The van der Waals surface area contributed by atoms with Crippen LogP contribution in [0.15, 0.2) is 27.9 Å². The van der Waals surface area contributed by atoms with Gasteiger partial charge in [0.15, 0.2) is 0 Å². The van der Waals surface area contributed by atoms with Gasteiger partial charge in [0.05, 0.1) is 19.0 Å². The second-order valence-electron chi connectivity index (χ2n) is 4.81. The lowest BCUT2D eigenvalue weighted by atomic mass is 10.1. The first-order valence-electron chi connectivity index (χ1n) is 6.83. The highest BCUT2D eigenvalue weighted by Gasteiger charge is 2.17. The van der Waals surface area contributed by atoms with Crippen LogP contribution in [0, 0.1) is 0 Å². The van der Waals surface area contributed by atoms with Crippen molar-refractivity contribution in [2.75, 3.05) is 13.2 Å². The first kappa shape index (κ1) is 14.6. The summed E-state index contributed by atoms with van der Waals surface area (Å²) < 4.78 is 36.5. The molecule has 0 unspecified atom stereocenters. The lowest BCUT2D eigenvalue weighted by molar-refractivity contribution is 0.0471. The number of rotatable bonds is 6. The van der Waals surface area contributed by atoms with Crippen molar-refractivity contribution in [2.24, 2.45) is 0 Å². The third-order valence-electron chi connectivity index (χ3n) is 3.31. The van der Waals surface area contributed by atoms with Gasteiger partial charge < -0.3 is 9.15 Å². The van der Waals surface area contributed by atoms with E-state index in [4.69, 9.17) is 9.15 Å². The van der Waals surface area contributed by atoms with Gasteiger partial charge in [-0.25, -0.2) is 13.1 Å². The second-order valence-corrected chi connectivity index (χ2v) is 6.51. The summed E-state index contributed by atoms with van der Waals surface area (Å²) in [5.41, 5.74) is 0. The number of hydrogen-bond acceptors (Lipinski definition) is 4. The summed E-state index contributed by atoms with van der Waals surface area (Å²) in [6.45, 7) is 0.685. The normalized spacial score (nSPS) is 18.3. The minimum absolute atomic E-state index is 0.0537. The second kappa shape index (κ2) is 7.07. The van der Waals surface area contributed by atoms with Gasteiger partial charge in [-0.1, -0.05) is 25.7 Å². The molecular formula is C13H21NO4S. The Morgan fingerprint density at radius 3 is 2.63 bits per heavy atom. The van der Waals surface area contributed by atoms with E-state index in [2.05, 4.69) is 4.72 Å². The van der Waals surface area contributed by atoms with Crippen molar-refractivity contribution >= 4 is 10.0 Å². The molecule has 1 N–H and O–H groups in total. The molecule has 0 radical (unpaired) electrons. The molecule has 0 saturated heterocycles. The van der Waals surface area contributed by atoms with Crippen LogP contribution in [0.5, 0.6) is 0 Å². The average Bonchev–Trinajstić information content (AvgIpc) is 2.81. The number of ether oxygens (including phenoxy) is 1. The molecule has 0 amide bonds. The van der Waals surface area contributed by atoms with Crippen LogP contribution in [0.3, 0.4) is 0 Å². The molecule has 0 atom stereocenters. The molecule has 1 aromatic rings. The van der Waals surface area contributed by atoms with E-state index in [1.807, 2.05) is 0 Å². The topological polar surface area (TPSA) is 68.5 Å². The molecule has 0 spiro atoms. The molecule has 0 aromatic carbocycles. The van der Waals surface area contributed by atoms with Crippen molar-refractivity contribution in [2.45, 2.75) is 49.7 Å². The van der Waals surface area contributed by atoms with E-state index in [0.29, 0.717) is 6.61 Å². The fraction of sp³-hybridized carbons (Fsp3) is 0.692.